The lowest BCUT2D eigenvalue weighted by atomic mass is 9.95. The summed E-state index contributed by atoms with van der Waals surface area (Å²) in [5.74, 6) is -0.735. The summed E-state index contributed by atoms with van der Waals surface area (Å²) >= 11 is 0. The number of hydrogen-bond acceptors (Lipinski definition) is 4. The maximum absolute atomic E-state index is 12.6. The highest BCUT2D eigenvalue weighted by Crippen LogP contribution is 2.18. The molecule has 0 atom stereocenters. The van der Waals surface area contributed by atoms with Gasteiger partial charge in [0.25, 0.3) is 15.9 Å². The van der Waals surface area contributed by atoms with Crippen molar-refractivity contribution in [1.29, 1.82) is 0 Å². The molecule has 0 aromatic heterocycles. The summed E-state index contributed by atoms with van der Waals surface area (Å²) in [7, 11) is -3.84. The molecule has 0 bridgehead atoms. The van der Waals surface area contributed by atoms with Gasteiger partial charge in [0, 0.05) is 17.3 Å². The second-order valence-corrected chi connectivity index (χ2v) is 9.27. The molecule has 2 aromatic rings. The van der Waals surface area contributed by atoms with Crippen molar-refractivity contribution in [3.05, 3.63) is 59.7 Å². The molecule has 1 aliphatic rings. The fourth-order valence-electron chi connectivity index (χ4n) is 3.43. The Labute approximate surface area is 177 Å². The van der Waals surface area contributed by atoms with Gasteiger partial charge in [0.05, 0.1) is 11.4 Å². The Morgan fingerprint density at radius 3 is 2.40 bits per heavy atom. The van der Waals surface area contributed by atoms with E-state index in [1.807, 2.05) is 6.92 Å². The van der Waals surface area contributed by atoms with E-state index in [0.29, 0.717) is 5.69 Å². The smallest absolute Gasteiger partial charge is 0.261 e. The number of benzene rings is 2. The van der Waals surface area contributed by atoms with Crippen LogP contribution in [0.15, 0.2) is 53.4 Å². The lowest BCUT2D eigenvalue weighted by molar-refractivity contribution is -0.121. The average Bonchev–Trinajstić information content (AvgIpc) is 2.74. The number of carbonyl (C=O) groups excluding carboxylic acids is 2. The van der Waals surface area contributed by atoms with Crippen LogP contribution in [0.25, 0.3) is 0 Å². The van der Waals surface area contributed by atoms with Crippen LogP contribution in [0.5, 0.6) is 0 Å². The second-order valence-electron chi connectivity index (χ2n) is 7.58. The first kappa shape index (κ1) is 21.8. The number of carbonyl (C=O) groups is 2. The van der Waals surface area contributed by atoms with Crippen LogP contribution in [-0.2, 0) is 14.8 Å². The molecule has 0 aliphatic heterocycles. The van der Waals surface area contributed by atoms with Gasteiger partial charge in [0.1, 0.15) is 0 Å². The fourth-order valence-corrected chi connectivity index (χ4v) is 4.53. The van der Waals surface area contributed by atoms with E-state index < -0.39 is 15.9 Å². The summed E-state index contributed by atoms with van der Waals surface area (Å²) in [5, 5.41) is 5.49. The quantitative estimate of drug-likeness (QED) is 0.629. The summed E-state index contributed by atoms with van der Waals surface area (Å²) in [4.78, 5) is 24.5. The Morgan fingerprint density at radius 2 is 1.70 bits per heavy atom. The third-order valence-corrected chi connectivity index (χ3v) is 6.47. The molecule has 0 heterocycles. The molecule has 7 nitrogen and oxygen atoms in total. The van der Waals surface area contributed by atoms with E-state index in [4.69, 9.17) is 0 Å². The van der Waals surface area contributed by atoms with Crippen LogP contribution in [0.3, 0.4) is 0 Å². The number of sulfonamides is 1. The third-order valence-electron chi connectivity index (χ3n) is 5.09. The van der Waals surface area contributed by atoms with E-state index in [9.17, 15) is 18.0 Å². The van der Waals surface area contributed by atoms with Crippen molar-refractivity contribution in [2.24, 2.45) is 0 Å². The van der Waals surface area contributed by atoms with E-state index >= 15 is 0 Å². The minimum atomic E-state index is -3.84. The predicted octanol–water partition coefficient (Wildman–Crippen LogP) is 2.97. The molecule has 0 radical (unpaired) electrons. The Kier molecular flexibility index (Phi) is 7.10. The largest absolute Gasteiger partial charge is 0.352 e. The third kappa shape index (κ3) is 6.06. The van der Waals surface area contributed by atoms with Crippen LogP contribution in [-0.4, -0.2) is 32.8 Å². The summed E-state index contributed by atoms with van der Waals surface area (Å²) < 4.78 is 27.8. The van der Waals surface area contributed by atoms with Crippen molar-refractivity contribution >= 4 is 27.5 Å². The first-order valence-electron chi connectivity index (χ1n) is 10.1. The molecule has 1 aliphatic carbocycles. The normalized spacial score (nSPS) is 14.7. The lowest BCUT2D eigenvalue weighted by Crippen LogP contribution is -2.42. The minimum absolute atomic E-state index is 0.0256. The molecule has 30 heavy (non-hydrogen) atoms. The zero-order valence-corrected chi connectivity index (χ0v) is 17.8. The Hall–Kier alpha value is -2.87. The molecule has 2 amide bonds. The zero-order chi connectivity index (χ0) is 21.6. The first-order valence-corrected chi connectivity index (χ1v) is 11.6. The van der Waals surface area contributed by atoms with E-state index in [-0.39, 0.29) is 29.0 Å². The van der Waals surface area contributed by atoms with Crippen molar-refractivity contribution in [2.75, 3.05) is 11.3 Å². The molecule has 8 heteroatoms. The van der Waals surface area contributed by atoms with Gasteiger partial charge in [0.15, 0.2) is 0 Å². The van der Waals surface area contributed by atoms with E-state index in [2.05, 4.69) is 15.4 Å². The SMILES string of the molecule is Cc1ccc(NS(=O)(=O)c2cccc(C(=O)NCC(=O)NC3CCCCC3)c2)cc1. The fraction of sp³-hybridized carbons (Fsp3) is 0.364. The monoisotopic (exact) mass is 429 g/mol. The number of hydrogen-bond donors (Lipinski definition) is 3. The number of anilines is 1. The van der Waals surface area contributed by atoms with Crippen LogP contribution in [0, 0.1) is 6.92 Å². The molecule has 0 unspecified atom stereocenters. The predicted molar refractivity (Wildman–Crippen MR) is 116 cm³/mol. The van der Waals surface area contributed by atoms with Crippen molar-refractivity contribution < 1.29 is 18.0 Å². The Morgan fingerprint density at radius 1 is 1.00 bits per heavy atom. The molecule has 0 saturated heterocycles. The van der Waals surface area contributed by atoms with Crippen molar-refractivity contribution in [3.8, 4) is 0 Å². The van der Waals surface area contributed by atoms with Gasteiger partial charge in [-0.2, -0.15) is 0 Å². The molecular formula is C22H27N3O4S. The van der Waals surface area contributed by atoms with Crippen LogP contribution >= 0.6 is 0 Å². The molecule has 3 rings (SSSR count). The summed E-state index contributed by atoms with van der Waals surface area (Å²) in [5.41, 5.74) is 1.63. The van der Waals surface area contributed by atoms with Gasteiger partial charge >= 0.3 is 0 Å². The van der Waals surface area contributed by atoms with Gasteiger partial charge in [-0.1, -0.05) is 43.0 Å². The van der Waals surface area contributed by atoms with Crippen LogP contribution in [0.4, 0.5) is 5.69 Å². The van der Waals surface area contributed by atoms with Crippen LogP contribution < -0.4 is 15.4 Å². The van der Waals surface area contributed by atoms with Gasteiger partial charge in [-0.15, -0.1) is 0 Å². The lowest BCUT2D eigenvalue weighted by Gasteiger charge is -2.22. The van der Waals surface area contributed by atoms with Gasteiger partial charge in [-0.3, -0.25) is 14.3 Å². The van der Waals surface area contributed by atoms with Gasteiger partial charge in [-0.25, -0.2) is 8.42 Å². The molecule has 0 spiro atoms. The molecule has 3 N–H and O–H groups in total. The van der Waals surface area contributed by atoms with Crippen molar-refractivity contribution in [3.63, 3.8) is 0 Å². The zero-order valence-electron chi connectivity index (χ0n) is 17.0. The molecule has 1 fully saturated rings. The summed E-state index contributed by atoms with van der Waals surface area (Å²) in [6, 6.07) is 12.9. The van der Waals surface area contributed by atoms with Crippen LogP contribution in [0.2, 0.25) is 0 Å². The average molecular weight is 430 g/mol. The molecule has 2 aromatic carbocycles. The number of amides is 2. The standard InChI is InChI=1S/C22H27N3O4S/c1-16-10-12-19(13-11-16)25-30(28,29)20-9-5-6-17(14-20)22(27)23-15-21(26)24-18-7-3-2-4-8-18/h5-6,9-14,18,25H,2-4,7-8,15H2,1H3,(H,23,27)(H,24,26). The second kappa shape index (κ2) is 9.75. The minimum Gasteiger partial charge on any atom is -0.352 e. The highest BCUT2D eigenvalue weighted by atomic mass is 32.2. The topological polar surface area (TPSA) is 104 Å². The van der Waals surface area contributed by atoms with Gasteiger partial charge in [0.2, 0.25) is 5.91 Å². The maximum atomic E-state index is 12.6. The molecule has 1 saturated carbocycles. The maximum Gasteiger partial charge on any atom is 0.261 e. The highest BCUT2D eigenvalue weighted by Gasteiger charge is 2.18. The number of rotatable bonds is 7. The Balaban J connectivity index is 1.60. The van der Waals surface area contributed by atoms with E-state index in [1.165, 1.54) is 30.7 Å². The molecular weight excluding hydrogens is 402 g/mol. The number of aryl methyl sites for hydroxylation is 1. The van der Waals surface area contributed by atoms with E-state index in [0.717, 1.165) is 31.2 Å². The summed E-state index contributed by atoms with van der Waals surface area (Å²) in [6.45, 7) is 1.77. The molecule has 160 valence electrons. The number of nitrogens with one attached hydrogen (secondary N) is 3. The van der Waals surface area contributed by atoms with Crippen LogP contribution in [0.1, 0.15) is 48.0 Å². The van der Waals surface area contributed by atoms with Crippen molar-refractivity contribution in [1.82, 2.24) is 10.6 Å². The highest BCUT2D eigenvalue weighted by molar-refractivity contribution is 7.92. The Bertz CT molecular complexity index is 997. The van der Waals surface area contributed by atoms with Gasteiger partial charge < -0.3 is 10.6 Å². The van der Waals surface area contributed by atoms with E-state index in [1.54, 1.807) is 24.3 Å². The first-order chi connectivity index (χ1) is 14.3. The van der Waals surface area contributed by atoms with Crippen molar-refractivity contribution in [2.45, 2.75) is 50.0 Å². The van der Waals surface area contributed by atoms with Gasteiger partial charge in [-0.05, 0) is 50.1 Å². The summed E-state index contributed by atoms with van der Waals surface area (Å²) in [6.07, 6.45) is 5.34.